The van der Waals surface area contributed by atoms with E-state index in [9.17, 15) is 31.2 Å². The number of sulfonamides is 1. The van der Waals surface area contributed by atoms with Gasteiger partial charge in [-0.15, -0.1) is 0 Å². The number of rotatable bonds is 12. The molecular weight excluding hydrogens is 663 g/mol. The van der Waals surface area contributed by atoms with Crippen LogP contribution in [-0.2, 0) is 38.8 Å². The number of carbonyl (C=O) groups is 2. The van der Waals surface area contributed by atoms with Gasteiger partial charge in [-0.2, -0.15) is 13.2 Å². The zero-order valence-corrected chi connectivity index (χ0v) is 28.5. The van der Waals surface area contributed by atoms with Crippen LogP contribution in [0.25, 0.3) is 0 Å². The predicted octanol–water partition coefficient (Wildman–Crippen LogP) is 7.34. The van der Waals surface area contributed by atoms with Crippen LogP contribution in [0.15, 0.2) is 102 Å². The summed E-state index contributed by atoms with van der Waals surface area (Å²) < 4.78 is 70.8. The monoisotopic (exact) mass is 699 g/mol. The molecule has 0 aromatic heterocycles. The van der Waals surface area contributed by atoms with Crippen molar-refractivity contribution < 1.29 is 31.2 Å². The van der Waals surface area contributed by atoms with Crippen molar-refractivity contribution in [1.82, 2.24) is 10.2 Å². The fourth-order valence-electron chi connectivity index (χ4n) is 5.16. The molecule has 0 saturated heterocycles. The van der Waals surface area contributed by atoms with Crippen molar-refractivity contribution in [3.8, 4) is 0 Å². The molecule has 0 fully saturated rings. The van der Waals surface area contributed by atoms with Gasteiger partial charge in [0.2, 0.25) is 11.8 Å². The van der Waals surface area contributed by atoms with Crippen LogP contribution < -0.4 is 9.62 Å². The molecule has 0 aliphatic rings. The molecule has 0 aliphatic carbocycles. The van der Waals surface area contributed by atoms with E-state index in [0.29, 0.717) is 15.9 Å². The number of hydrogen-bond donors (Lipinski definition) is 1. The predicted molar refractivity (Wildman–Crippen MR) is 181 cm³/mol. The van der Waals surface area contributed by atoms with Gasteiger partial charge in [0, 0.05) is 19.0 Å². The minimum absolute atomic E-state index is 0.0681. The van der Waals surface area contributed by atoms with Crippen molar-refractivity contribution in [1.29, 1.82) is 0 Å². The maximum Gasteiger partial charge on any atom is 0.417 e. The lowest BCUT2D eigenvalue weighted by molar-refractivity contribution is -0.140. The molecule has 0 spiro atoms. The number of anilines is 1. The Kier molecular flexibility index (Phi) is 11.6. The number of nitrogens with zero attached hydrogens (tertiary/aromatic N) is 2. The van der Waals surface area contributed by atoms with Gasteiger partial charge in [-0.1, -0.05) is 83.9 Å². The lowest BCUT2D eigenvalue weighted by Gasteiger charge is -2.34. The Morgan fingerprint density at radius 3 is 2.10 bits per heavy atom. The maximum absolute atomic E-state index is 14.5. The molecular formula is C36H37ClF3N3O4S. The van der Waals surface area contributed by atoms with Crippen molar-refractivity contribution in [2.24, 2.45) is 0 Å². The Morgan fingerprint density at radius 1 is 0.875 bits per heavy atom. The van der Waals surface area contributed by atoms with Gasteiger partial charge < -0.3 is 10.2 Å². The molecule has 4 rings (SSSR count). The summed E-state index contributed by atoms with van der Waals surface area (Å²) in [5.74, 6) is -1.26. The summed E-state index contributed by atoms with van der Waals surface area (Å²) in [6.07, 6.45) is -4.80. The first kappa shape index (κ1) is 36.5. The minimum atomic E-state index is -4.90. The average Bonchev–Trinajstić information content (AvgIpc) is 3.02. The number of alkyl halides is 3. The van der Waals surface area contributed by atoms with Crippen LogP contribution in [0.1, 0.15) is 41.7 Å². The van der Waals surface area contributed by atoms with Crippen molar-refractivity contribution in [3.05, 3.63) is 130 Å². The zero-order valence-electron chi connectivity index (χ0n) is 27.0. The van der Waals surface area contributed by atoms with Crippen molar-refractivity contribution in [2.75, 3.05) is 10.8 Å². The third-order valence-electron chi connectivity index (χ3n) is 7.74. The zero-order chi connectivity index (χ0) is 35.2. The van der Waals surface area contributed by atoms with Gasteiger partial charge in [0.1, 0.15) is 12.6 Å². The molecule has 4 aromatic rings. The molecule has 12 heteroatoms. The summed E-state index contributed by atoms with van der Waals surface area (Å²) in [5.41, 5.74) is 1.37. The highest BCUT2D eigenvalue weighted by atomic mass is 35.5. The van der Waals surface area contributed by atoms with Gasteiger partial charge in [0.15, 0.2) is 0 Å². The van der Waals surface area contributed by atoms with Gasteiger partial charge in [0.25, 0.3) is 10.0 Å². The maximum atomic E-state index is 14.5. The van der Waals surface area contributed by atoms with Crippen LogP contribution in [0.4, 0.5) is 18.9 Å². The fourth-order valence-corrected chi connectivity index (χ4v) is 6.79. The molecule has 0 aliphatic heterocycles. The molecule has 0 heterocycles. The standard InChI is InChI=1S/C36H37ClF3N3O4S/c1-24(2)41-35(45)33(20-27-11-6-5-7-12-27)42(22-28-13-9-8-10-26(28)4)34(44)23-43(48(46,47)30-17-14-25(3)15-18-30)29-16-19-32(37)31(21-29)36(38,39)40/h5-19,21,24,33H,20,22-23H2,1-4H3,(H,41,45)/t33-/m1/s1. The van der Waals surface area contributed by atoms with Crippen molar-refractivity contribution in [2.45, 2.75) is 63.8 Å². The van der Waals surface area contributed by atoms with E-state index in [4.69, 9.17) is 11.6 Å². The molecule has 0 saturated carbocycles. The molecule has 2 amide bonds. The summed E-state index contributed by atoms with van der Waals surface area (Å²) >= 11 is 5.88. The number of nitrogens with one attached hydrogen (secondary N) is 1. The third kappa shape index (κ3) is 8.96. The Labute approximate surface area is 284 Å². The Balaban J connectivity index is 1.88. The summed E-state index contributed by atoms with van der Waals surface area (Å²) in [7, 11) is -4.60. The molecule has 1 N–H and O–H groups in total. The van der Waals surface area contributed by atoms with E-state index in [1.54, 1.807) is 57.2 Å². The van der Waals surface area contributed by atoms with Crippen LogP contribution in [0, 0.1) is 13.8 Å². The van der Waals surface area contributed by atoms with Crippen LogP contribution in [0.3, 0.4) is 0 Å². The van der Waals surface area contributed by atoms with E-state index in [1.807, 2.05) is 37.3 Å². The Morgan fingerprint density at radius 2 is 1.50 bits per heavy atom. The number of aryl methyl sites for hydroxylation is 2. The van der Waals surface area contributed by atoms with E-state index in [1.165, 1.54) is 17.0 Å². The first-order chi connectivity index (χ1) is 22.6. The van der Waals surface area contributed by atoms with Gasteiger partial charge >= 0.3 is 6.18 Å². The van der Waals surface area contributed by atoms with E-state index in [2.05, 4.69) is 5.32 Å². The Bertz CT molecular complexity index is 1850. The average molecular weight is 700 g/mol. The second-order valence-corrected chi connectivity index (χ2v) is 14.1. The van der Waals surface area contributed by atoms with Crippen LogP contribution in [0.5, 0.6) is 0 Å². The van der Waals surface area contributed by atoms with Gasteiger partial charge in [-0.3, -0.25) is 13.9 Å². The van der Waals surface area contributed by atoms with Crippen molar-refractivity contribution >= 4 is 39.1 Å². The molecule has 0 unspecified atom stereocenters. The first-order valence-corrected chi connectivity index (χ1v) is 17.0. The van der Waals surface area contributed by atoms with E-state index >= 15 is 0 Å². The van der Waals surface area contributed by atoms with E-state index < -0.39 is 56.9 Å². The SMILES string of the molecule is Cc1ccc(S(=O)(=O)N(CC(=O)N(Cc2ccccc2C)[C@H](Cc2ccccc2)C(=O)NC(C)C)c2ccc(Cl)c(C(F)(F)F)c2)cc1. The smallest absolute Gasteiger partial charge is 0.352 e. The summed E-state index contributed by atoms with van der Waals surface area (Å²) in [6.45, 7) is 6.19. The topological polar surface area (TPSA) is 86.8 Å². The van der Waals surface area contributed by atoms with Gasteiger partial charge in [0.05, 0.1) is 21.2 Å². The number of halogens is 4. The quantitative estimate of drug-likeness (QED) is 0.168. The lowest BCUT2D eigenvalue weighted by atomic mass is 10.0. The Hall–Kier alpha value is -4.35. The lowest BCUT2D eigenvalue weighted by Crippen LogP contribution is -2.54. The summed E-state index contributed by atoms with van der Waals surface area (Å²) in [6, 6.07) is 23.3. The molecule has 254 valence electrons. The first-order valence-electron chi connectivity index (χ1n) is 15.2. The highest BCUT2D eigenvalue weighted by Crippen LogP contribution is 2.38. The van der Waals surface area contributed by atoms with Gasteiger partial charge in [-0.05, 0) is 74.7 Å². The fraction of sp³-hybridized carbons (Fsp3) is 0.278. The minimum Gasteiger partial charge on any atom is -0.352 e. The summed E-state index contributed by atoms with van der Waals surface area (Å²) in [4.78, 5) is 29.4. The second-order valence-electron chi connectivity index (χ2n) is 11.8. The van der Waals surface area contributed by atoms with Crippen LogP contribution >= 0.6 is 11.6 Å². The van der Waals surface area contributed by atoms with Gasteiger partial charge in [-0.25, -0.2) is 8.42 Å². The number of amides is 2. The third-order valence-corrected chi connectivity index (χ3v) is 9.85. The highest BCUT2D eigenvalue weighted by molar-refractivity contribution is 7.92. The molecule has 0 bridgehead atoms. The molecule has 7 nitrogen and oxygen atoms in total. The van der Waals surface area contributed by atoms with E-state index in [0.717, 1.165) is 28.8 Å². The number of carbonyl (C=O) groups excluding carboxylic acids is 2. The summed E-state index contributed by atoms with van der Waals surface area (Å²) in [5, 5.41) is 2.25. The van der Waals surface area contributed by atoms with E-state index in [-0.39, 0.29) is 23.9 Å². The second kappa shape index (κ2) is 15.3. The van der Waals surface area contributed by atoms with Crippen LogP contribution in [-0.4, -0.2) is 43.8 Å². The largest absolute Gasteiger partial charge is 0.417 e. The molecule has 4 aromatic carbocycles. The van der Waals surface area contributed by atoms with Crippen LogP contribution in [0.2, 0.25) is 5.02 Å². The highest BCUT2D eigenvalue weighted by Gasteiger charge is 2.38. The molecule has 48 heavy (non-hydrogen) atoms. The van der Waals surface area contributed by atoms with Crippen molar-refractivity contribution in [3.63, 3.8) is 0 Å². The molecule has 0 radical (unpaired) electrons. The number of hydrogen-bond acceptors (Lipinski definition) is 4. The number of benzene rings is 4. The molecule has 1 atom stereocenters. The normalized spacial score (nSPS) is 12.4.